The average molecular weight is 339 g/mol. The van der Waals surface area contributed by atoms with Crippen molar-refractivity contribution in [3.8, 4) is 16.3 Å². The molecule has 0 unspecified atom stereocenters. The number of aromatic nitrogens is 4. The van der Waals surface area contributed by atoms with Gasteiger partial charge in [0, 0.05) is 10.4 Å². The Labute approximate surface area is 122 Å². The minimum atomic E-state index is 0.199. The zero-order valence-corrected chi connectivity index (χ0v) is 12.7. The smallest absolute Gasteiger partial charge is 0.234 e. The van der Waals surface area contributed by atoms with Crippen molar-refractivity contribution >= 4 is 32.2 Å². The van der Waals surface area contributed by atoms with Gasteiger partial charge in [0.05, 0.1) is 5.56 Å². The van der Waals surface area contributed by atoms with Gasteiger partial charge in [0.2, 0.25) is 4.96 Å². The first kappa shape index (κ1) is 12.6. The number of hydrogen-bond donors (Lipinski definition) is 1. The van der Waals surface area contributed by atoms with Crippen molar-refractivity contribution in [3.63, 3.8) is 0 Å². The predicted octanol–water partition coefficient (Wildman–Crippen LogP) is 3.44. The summed E-state index contributed by atoms with van der Waals surface area (Å²) in [6.07, 6.45) is 0. The Hall–Kier alpha value is -1.47. The molecule has 0 bridgehead atoms. The van der Waals surface area contributed by atoms with Gasteiger partial charge in [-0.1, -0.05) is 41.1 Å². The van der Waals surface area contributed by atoms with Gasteiger partial charge in [-0.3, -0.25) is 0 Å². The Bertz CT molecular complexity index is 749. The molecule has 0 radical (unpaired) electrons. The molecule has 0 aliphatic heterocycles. The van der Waals surface area contributed by atoms with Crippen LogP contribution in [0.5, 0.6) is 5.75 Å². The molecule has 0 aliphatic carbocycles. The van der Waals surface area contributed by atoms with E-state index in [1.165, 1.54) is 11.3 Å². The van der Waals surface area contributed by atoms with E-state index in [2.05, 4.69) is 31.2 Å². The number of phenols is 1. The predicted molar refractivity (Wildman–Crippen MR) is 77.5 cm³/mol. The van der Waals surface area contributed by atoms with Gasteiger partial charge in [0.15, 0.2) is 10.8 Å². The Morgan fingerprint density at radius 2 is 2.11 bits per heavy atom. The third-order valence-electron chi connectivity index (χ3n) is 2.72. The van der Waals surface area contributed by atoms with Gasteiger partial charge in [-0.25, -0.2) is 0 Å². The number of phenolic OH excluding ortho intramolecular Hbond substituents is 1. The van der Waals surface area contributed by atoms with Crippen LogP contribution in [0.15, 0.2) is 22.7 Å². The van der Waals surface area contributed by atoms with E-state index in [1.807, 2.05) is 26.0 Å². The second kappa shape index (κ2) is 4.57. The lowest BCUT2D eigenvalue weighted by molar-refractivity contribution is 0.477. The molecule has 0 saturated carbocycles. The van der Waals surface area contributed by atoms with Gasteiger partial charge < -0.3 is 5.11 Å². The molecule has 1 N–H and O–H groups in total. The average Bonchev–Trinajstić information content (AvgIpc) is 2.87. The number of hydrogen-bond acceptors (Lipinski definition) is 5. The fourth-order valence-electron chi connectivity index (χ4n) is 1.79. The van der Waals surface area contributed by atoms with Crippen molar-refractivity contribution in [1.82, 2.24) is 19.8 Å². The van der Waals surface area contributed by atoms with E-state index in [-0.39, 0.29) is 11.7 Å². The van der Waals surface area contributed by atoms with E-state index in [9.17, 15) is 5.11 Å². The molecule has 7 heteroatoms. The molecule has 1 aromatic carbocycles. The first-order valence-corrected chi connectivity index (χ1v) is 7.38. The molecular weight excluding hydrogens is 328 g/mol. The molecule has 0 spiro atoms. The molecule has 0 fully saturated rings. The summed E-state index contributed by atoms with van der Waals surface area (Å²) in [7, 11) is 0. The third kappa shape index (κ3) is 2.12. The Kier molecular flexibility index (Phi) is 3.02. The lowest BCUT2D eigenvalue weighted by atomic mass is 10.2. The fourth-order valence-corrected chi connectivity index (χ4v) is 3.02. The van der Waals surface area contributed by atoms with Crippen LogP contribution in [0.2, 0.25) is 0 Å². The zero-order valence-electron chi connectivity index (χ0n) is 10.3. The normalized spacial score (nSPS) is 11.6. The van der Waals surface area contributed by atoms with E-state index < -0.39 is 0 Å². The maximum Gasteiger partial charge on any atom is 0.234 e. The molecule has 19 heavy (non-hydrogen) atoms. The van der Waals surface area contributed by atoms with Crippen LogP contribution >= 0.6 is 27.3 Å². The van der Waals surface area contributed by atoms with E-state index in [1.54, 1.807) is 10.6 Å². The second-order valence-corrected chi connectivity index (χ2v) is 6.35. The lowest BCUT2D eigenvalue weighted by Crippen LogP contribution is -1.97. The summed E-state index contributed by atoms with van der Waals surface area (Å²) >= 11 is 4.73. The highest BCUT2D eigenvalue weighted by atomic mass is 79.9. The summed E-state index contributed by atoms with van der Waals surface area (Å²) in [6.45, 7) is 4.10. The quantitative estimate of drug-likeness (QED) is 0.777. The van der Waals surface area contributed by atoms with Crippen LogP contribution in [0.3, 0.4) is 0 Å². The number of aromatic hydroxyl groups is 1. The molecule has 3 aromatic rings. The lowest BCUT2D eigenvalue weighted by Gasteiger charge is -2.01. The van der Waals surface area contributed by atoms with E-state index >= 15 is 0 Å². The summed E-state index contributed by atoms with van der Waals surface area (Å²) in [6, 6.07) is 5.36. The molecular formula is C12H11BrN4OS. The van der Waals surface area contributed by atoms with Crippen molar-refractivity contribution in [1.29, 1.82) is 0 Å². The minimum absolute atomic E-state index is 0.199. The van der Waals surface area contributed by atoms with Crippen LogP contribution in [0.1, 0.15) is 25.6 Å². The number of nitrogens with zero attached hydrogens (tertiary/aromatic N) is 4. The van der Waals surface area contributed by atoms with Crippen molar-refractivity contribution in [2.45, 2.75) is 19.8 Å². The number of rotatable bonds is 2. The van der Waals surface area contributed by atoms with Gasteiger partial charge >= 0.3 is 0 Å². The van der Waals surface area contributed by atoms with Crippen molar-refractivity contribution < 1.29 is 5.11 Å². The summed E-state index contributed by atoms with van der Waals surface area (Å²) in [5.74, 6) is 1.28. The van der Waals surface area contributed by atoms with E-state index in [0.29, 0.717) is 5.56 Å². The standard InChI is InChI=1S/C12H11BrN4OS/c1-6(2)10-14-15-12-17(10)16-11(19-12)8-4-3-7(13)5-9(8)18/h3-6,18H,1-2H3. The summed E-state index contributed by atoms with van der Waals surface area (Å²) in [4.78, 5) is 0.737. The molecule has 0 saturated heterocycles. The largest absolute Gasteiger partial charge is 0.507 e. The Morgan fingerprint density at radius 3 is 2.79 bits per heavy atom. The maximum absolute atomic E-state index is 9.98. The number of fused-ring (bicyclic) bond motifs is 1. The van der Waals surface area contributed by atoms with E-state index in [4.69, 9.17) is 0 Å². The van der Waals surface area contributed by atoms with Gasteiger partial charge in [-0.2, -0.15) is 9.61 Å². The molecule has 0 amide bonds. The minimum Gasteiger partial charge on any atom is -0.507 e. The van der Waals surface area contributed by atoms with Crippen LogP contribution < -0.4 is 0 Å². The first-order chi connectivity index (χ1) is 9.06. The van der Waals surface area contributed by atoms with Crippen LogP contribution in [0.25, 0.3) is 15.5 Å². The van der Waals surface area contributed by atoms with Gasteiger partial charge in [-0.15, -0.1) is 10.2 Å². The SMILES string of the molecule is CC(C)c1nnc2sc(-c3ccc(Br)cc3O)nn12. The molecule has 2 heterocycles. The zero-order chi connectivity index (χ0) is 13.6. The highest BCUT2D eigenvalue weighted by Crippen LogP contribution is 2.34. The Morgan fingerprint density at radius 1 is 1.32 bits per heavy atom. The molecule has 2 aromatic heterocycles. The van der Waals surface area contributed by atoms with Crippen LogP contribution in [0, 0.1) is 0 Å². The number of benzene rings is 1. The van der Waals surface area contributed by atoms with Crippen LogP contribution in [-0.2, 0) is 0 Å². The van der Waals surface area contributed by atoms with Crippen molar-refractivity contribution in [2.24, 2.45) is 0 Å². The second-order valence-electron chi connectivity index (χ2n) is 4.48. The highest BCUT2D eigenvalue weighted by Gasteiger charge is 2.16. The molecule has 0 aliphatic rings. The van der Waals surface area contributed by atoms with Gasteiger partial charge in [0.25, 0.3) is 0 Å². The van der Waals surface area contributed by atoms with Gasteiger partial charge in [0.1, 0.15) is 5.75 Å². The number of halogens is 1. The van der Waals surface area contributed by atoms with Crippen molar-refractivity contribution in [2.75, 3.05) is 0 Å². The monoisotopic (exact) mass is 338 g/mol. The molecule has 3 rings (SSSR count). The molecule has 98 valence electrons. The summed E-state index contributed by atoms with van der Waals surface area (Å²) < 4.78 is 2.58. The first-order valence-electron chi connectivity index (χ1n) is 5.77. The van der Waals surface area contributed by atoms with Crippen LogP contribution in [0.4, 0.5) is 0 Å². The topological polar surface area (TPSA) is 63.3 Å². The van der Waals surface area contributed by atoms with E-state index in [0.717, 1.165) is 20.3 Å². The van der Waals surface area contributed by atoms with Crippen LogP contribution in [-0.4, -0.2) is 24.9 Å². The fraction of sp³-hybridized carbons (Fsp3) is 0.250. The maximum atomic E-state index is 9.98. The molecule has 5 nitrogen and oxygen atoms in total. The third-order valence-corrected chi connectivity index (χ3v) is 4.15. The summed E-state index contributed by atoms with van der Waals surface area (Å²) in [5.41, 5.74) is 0.702. The molecule has 0 atom stereocenters. The Balaban J connectivity index is 2.15. The van der Waals surface area contributed by atoms with Crippen molar-refractivity contribution in [3.05, 3.63) is 28.5 Å². The van der Waals surface area contributed by atoms with Gasteiger partial charge in [-0.05, 0) is 18.2 Å². The highest BCUT2D eigenvalue weighted by molar-refractivity contribution is 9.10. The summed E-state index contributed by atoms with van der Waals surface area (Å²) in [5, 5.41) is 23.4.